The summed E-state index contributed by atoms with van der Waals surface area (Å²) in [5.74, 6) is 1.34. The van der Waals surface area contributed by atoms with Gasteiger partial charge in [0.25, 0.3) is 0 Å². The van der Waals surface area contributed by atoms with Crippen LogP contribution in [0.15, 0.2) is 42.5 Å². The number of piperidine rings is 1. The van der Waals surface area contributed by atoms with Crippen molar-refractivity contribution in [2.75, 3.05) is 39.3 Å². The highest BCUT2D eigenvalue weighted by atomic mass is 16.5. The van der Waals surface area contributed by atoms with Crippen molar-refractivity contribution in [2.45, 2.75) is 50.5 Å². The maximum atomic E-state index is 9.16. The Kier molecular flexibility index (Phi) is 6.25. The van der Waals surface area contributed by atoms with Crippen molar-refractivity contribution in [3.05, 3.63) is 64.7 Å². The van der Waals surface area contributed by atoms with Gasteiger partial charge in [0.2, 0.25) is 0 Å². The summed E-state index contributed by atoms with van der Waals surface area (Å²) in [5.41, 5.74) is 4.91. The lowest BCUT2D eigenvalue weighted by molar-refractivity contribution is 0.204. The largest absolute Gasteiger partial charge is 0.494 e. The predicted molar refractivity (Wildman–Crippen MR) is 123 cm³/mol. The SMILES string of the molecule is N#Cc1ccc([C@H]2CN3CCC[C@H]3c3ccc(OCCCN4CCCCC4)cc32)cc1. The van der Waals surface area contributed by atoms with E-state index in [4.69, 9.17) is 10.00 Å². The van der Waals surface area contributed by atoms with Gasteiger partial charge in [-0.05, 0) is 92.7 Å². The fourth-order valence-corrected chi connectivity index (χ4v) is 5.71. The number of benzene rings is 2. The minimum Gasteiger partial charge on any atom is -0.494 e. The van der Waals surface area contributed by atoms with Gasteiger partial charge in [-0.1, -0.05) is 24.6 Å². The molecule has 162 valence electrons. The van der Waals surface area contributed by atoms with Crippen molar-refractivity contribution in [3.8, 4) is 11.8 Å². The summed E-state index contributed by atoms with van der Waals surface area (Å²) < 4.78 is 6.21. The van der Waals surface area contributed by atoms with Gasteiger partial charge >= 0.3 is 0 Å². The van der Waals surface area contributed by atoms with Crippen LogP contribution in [0.2, 0.25) is 0 Å². The Morgan fingerprint density at radius 1 is 0.935 bits per heavy atom. The zero-order valence-corrected chi connectivity index (χ0v) is 18.4. The molecule has 0 unspecified atom stereocenters. The van der Waals surface area contributed by atoms with Crippen LogP contribution in [0.1, 0.15) is 72.7 Å². The smallest absolute Gasteiger partial charge is 0.119 e. The Balaban J connectivity index is 1.31. The Morgan fingerprint density at radius 3 is 2.58 bits per heavy atom. The van der Waals surface area contributed by atoms with E-state index in [1.165, 1.54) is 68.4 Å². The zero-order valence-electron chi connectivity index (χ0n) is 18.4. The molecule has 0 radical (unpaired) electrons. The van der Waals surface area contributed by atoms with Gasteiger partial charge in [0, 0.05) is 25.0 Å². The van der Waals surface area contributed by atoms with Crippen LogP contribution < -0.4 is 4.74 Å². The highest BCUT2D eigenvalue weighted by molar-refractivity contribution is 5.47. The lowest BCUT2D eigenvalue weighted by atomic mass is 9.81. The van der Waals surface area contributed by atoms with Gasteiger partial charge in [0.15, 0.2) is 0 Å². The molecule has 2 aromatic carbocycles. The molecule has 3 aliphatic rings. The molecule has 0 spiro atoms. The Bertz CT molecular complexity index is 926. The van der Waals surface area contributed by atoms with Gasteiger partial charge in [0.1, 0.15) is 5.75 Å². The van der Waals surface area contributed by atoms with Gasteiger partial charge in [-0.15, -0.1) is 0 Å². The fourth-order valence-electron chi connectivity index (χ4n) is 5.71. The first kappa shape index (κ1) is 20.5. The number of fused-ring (bicyclic) bond motifs is 3. The van der Waals surface area contributed by atoms with Gasteiger partial charge in [-0.3, -0.25) is 4.90 Å². The monoisotopic (exact) mass is 415 g/mol. The molecule has 0 aromatic heterocycles. The van der Waals surface area contributed by atoms with Crippen LogP contribution in [0, 0.1) is 11.3 Å². The minimum absolute atomic E-state index is 0.342. The van der Waals surface area contributed by atoms with Crippen LogP contribution in [-0.4, -0.2) is 49.1 Å². The maximum absolute atomic E-state index is 9.16. The van der Waals surface area contributed by atoms with E-state index in [0.29, 0.717) is 12.0 Å². The molecule has 0 bridgehead atoms. The number of hydrogen-bond donors (Lipinski definition) is 0. The second-order valence-electron chi connectivity index (χ2n) is 9.33. The lowest BCUT2D eigenvalue weighted by Crippen LogP contribution is -2.34. The molecular weight excluding hydrogens is 382 g/mol. The first-order valence-electron chi connectivity index (χ1n) is 12.0. The van der Waals surface area contributed by atoms with Crippen molar-refractivity contribution in [2.24, 2.45) is 0 Å². The molecule has 0 N–H and O–H groups in total. The number of nitriles is 1. The summed E-state index contributed by atoms with van der Waals surface area (Å²) in [5, 5.41) is 9.16. The van der Waals surface area contributed by atoms with E-state index < -0.39 is 0 Å². The van der Waals surface area contributed by atoms with Crippen LogP contribution in [0.4, 0.5) is 0 Å². The highest BCUT2D eigenvalue weighted by Crippen LogP contribution is 2.45. The Labute approximate surface area is 186 Å². The molecule has 4 nitrogen and oxygen atoms in total. The highest BCUT2D eigenvalue weighted by Gasteiger charge is 2.36. The van der Waals surface area contributed by atoms with Crippen LogP contribution in [0.3, 0.4) is 0 Å². The number of nitrogens with zero attached hydrogens (tertiary/aromatic N) is 3. The molecule has 4 heteroatoms. The third-order valence-corrected chi connectivity index (χ3v) is 7.35. The lowest BCUT2D eigenvalue weighted by Gasteiger charge is -2.37. The van der Waals surface area contributed by atoms with E-state index in [-0.39, 0.29) is 0 Å². The number of hydrogen-bond acceptors (Lipinski definition) is 4. The fraction of sp³-hybridized carbons (Fsp3) is 0.519. The van der Waals surface area contributed by atoms with Gasteiger partial charge in [-0.25, -0.2) is 0 Å². The topological polar surface area (TPSA) is 39.5 Å². The summed E-state index contributed by atoms with van der Waals surface area (Å²) in [7, 11) is 0. The van der Waals surface area contributed by atoms with Crippen LogP contribution in [-0.2, 0) is 0 Å². The third-order valence-electron chi connectivity index (χ3n) is 7.35. The van der Waals surface area contributed by atoms with E-state index in [1.54, 1.807) is 0 Å². The normalized spacial score (nSPS) is 23.7. The molecule has 2 fully saturated rings. The molecule has 2 aromatic rings. The predicted octanol–water partition coefficient (Wildman–Crippen LogP) is 5.10. The van der Waals surface area contributed by atoms with Gasteiger partial charge < -0.3 is 9.64 Å². The summed E-state index contributed by atoms with van der Waals surface area (Å²) in [6.45, 7) is 6.68. The number of likely N-dealkylation sites (tertiary alicyclic amines) is 1. The summed E-state index contributed by atoms with van der Waals surface area (Å²) in [4.78, 5) is 5.22. The average Bonchev–Trinajstić information content (AvgIpc) is 3.31. The quantitative estimate of drug-likeness (QED) is 0.616. The average molecular weight is 416 g/mol. The molecule has 31 heavy (non-hydrogen) atoms. The second kappa shape index (κ2) is 9.42. The number of rotatable bonds is 6. The van der Waals surface area contributed by atoms with Crippen LogP contribution >= 0.6 is 0 Å². The molecule has 3 aliphatic heterocycles. The Morgan fingerprint density at radius 2 is 1.77 bits per heavy atom. The van der Waals surface area contributed by atoms with Crippen LogP contribution in [0.5, 0.6) is 5.75 Å². The van der Waals surface area contributed by atoms with Crippen molar-refractivity contribution in [1.29, 1.82) is 5.26 Å². The second-order valence-corrected chi connectivity index (χ2v) is 9.33. The summed E-state index contributed by atoms with van der Waals surface area (Å²) in [6, 6.07) is 17.8. The van der Waals surface area contributed by atoms with Crippen molar-refractivity contribution in [3.63, 3.8) is 0 Å². The zero-order chi connectivity index (χ0) is 21.0. The number of ether oxygens (including phenoxy) is 1. The molecule has 3 heterocycles. The standard InChI is InChI=1S/C27H33N3O/c28-19-21-7-9-22(10-8-21)26-20-30-16-4-6-27(30)24-12-11-23(18-25(24)26)31-17-5-15-29-13-2-1-3-14-29/h7-12,18,26-27H,1-6,13-17,20H2/t26-,27+/m1/s1. The first-order chi connectivity index (χ1) is 15.3. The third kappa shape index (κ3) is 4.49. The van der Waals surface area contributed by atoms with E-state index in [2.05, 4.69) is 46.2 Å². The minimum atomic E-state index is 0.342. The molecule has 5 rings (SSSR count). The van der Waals surface area contributed by atoms with E-state index in [1.807, 2.05) is 12.1 Å². The van der Waals surface area contributed by atoms with Crippen molar-refractivity contribution >= 4 is 0 Å². The van der Waals surface area contributed by atoms with Gasteiger partial charge in [-0.2, -0.15) is 5.26 Å². The molecule has 0 saturated carbocycles. The van der Waals surface area contributed by atoms with Crippen molar-refractivity contribution in [1.82, 2.24) is 9.80 Å². The van der Waals surface area contributed by atoms with Crippen LogP contribution in [0.25, 0.3) is 0 Å². The first-order valence-corrected chi connectivity index (χ1v) is 12.0. The summed E-state index contributed by atoms with van der Waals surface area (Å²) >= 11 is 0. The van der Waals surface area contributed by atoms with E-state index in [9.17, 15) is 0 Å². The molecule has 0 amide bonds. The molecule has 2 saturated heterocycles. The van der Waals surface area contributed by atoms with E-state index in [0.717, 1.165) is 37.4 Å². The molecular formula is C27H33N3O. The summed E-state index contributed by atoms with van der Waals surface area (Å²) in [6.07, 6.45) is 7.71. The van der Waals surface area contributed by atoms with Gasteiger partial charge in [0.05, 0.1) is 18.2 Å². The maximum Gasteiger partial charge on any atom is 0.119 e. The molecule has 0 aliphatic carbocycles. The van der Waals surface area contributed by atoms with E-state index >= 15 is 0 Å². The molecule has 2 atom stereocenters. The Hall–Kier alpha value is -2.35. The van der Waals surface area contributed by atoms with Crippen molar-refractivity contribution < 1.29 is 4.74 Å².